The third-order valence-corrected chi connectivity index (χ3v) is 8.43. The van der Waals surface area contributed by atoms with E-state index >= 15 is 0 Å². The minimum Gasteiger partial charge on any atom is -0.391 e. The molecule has 2 aromatic carbocycles. The number of aromatic nitrogens is 1. The van der Waals surface area contributed by atoms with E-state index in [2.05, 4.69) is 10.3 Å². The van der Waals surface area contributed by atoms with E-state index in [-0.39, 0.29) is 49.0 Å². The largest absolute Gasteiger partial charge is 0.391 e. The zero-order chi connectivity index (χ0) is 27.8. The van der Waals surface area contributed by atoms with Crippen molar-refractivity contribution in [2.45, 2.75) is 58.5 Å². The molecule has 8 nitrogen and oxygen atoms in total. The molecule has 2 aliphatic heterocycles. The van der Waals surface area contributed by atoms with Crippen LogP contribution in [0.15, 0.2) is 48.0 Å². The first-order valence-electron chi connectivity index (χ1n) is 13.0. The van der Waals surface area contributed by atoms with E-state index in [9.17, 15) is 23.9 Å². The molecule has 1 aromatic heterocycles. The van der Waals surface area contributed by atoms with E-state index < -0.39 is 35.8 Å². The first kappa shape index (κ1) is 27.0. The molecule has 0 spiro atoms. The van der Waals surface area contributed by atoms with E-state index in [0.717, 1.165) is 21.7 Å². The number of carbonyl (C=O) groups excluding carboxylic acids is 3. The Morgan fingerprint density at radius 1 is 1.21 bits per heavy atom. The van der Waals surface area contributed by atoms with Crippen LogP contribution in [0, 0.1) is 18.7 Å². The second kappa shape index (κ2) is 10.9. The molecule has 2 aliphatic rings. The number of nitrogens with one attached hydrogen (secondary N) is 1. The SMILES string of the molecule is Cc1ncsc1-c1ccc(CNC(=O)[C@@H]2C[C@@H](O)CN2C(=O)[C@H](C(C)C)N2Cc3c(F)cccc3C2=O)cc1. The number of nitrogens with zero attached hydrogens (tertiary/aromatic N) is 3. The molecule has 1 saturated heterocycles. The molecule has 3 aromatic rings. The van der Waals surface area contributed by atoms with Crippen LogP contribution >= 0.6 is 11.3 Å². The van der Waals surface area contributed by atoms with E-state index in [1.165, 1.54) is 21.9 Å². The Morgan fingerprint density at radius 2 is 1.95 bits per heavy atom. The Labute approximate surface area is 230 Å². The van der Waals surface area contributed by atoms with Gasteiger partial charge in [0.1, 0.15) is 17.9 Å². The molecule has 5 rings (SSSR count). The van der Waals surface area contributed by atoms with E-state index in [1.807, 2.05) is 50.5 Å². The lowest BCUT2D eigenvalue weighted by atomic mass is 10.0. The number of aliphatic hydroxyl groups excluding tert-OH is 1. The van der Waals surface area contributed by atoms with Gasteiger partial charge in [0.2, 0.25) is 11.8 Å². The van der Waals surface area contributed by atoms with Crippen LogP contribution in [-0.4, -0.2) is 62.3 Å². The second-order valence-corrected chi connectivity index (χ2v) is 11.3. The van der Waals surface area contributed by atoms with Gasteiger partial charge < -0.3 is 20.2 Å². The molecule has 3 amide bonds. The van der Waals surface area contributed by atoms with Crippen LogP contribution in [0.3, 0.4) is 0 Å². The van der Waals surface area contributed by atoms with Crippen molar-refractivity contribution in [3.05, 3.63) is 76.2 Å². The average Bonchev–Trinajstić information content (AvgIpc) is 3.61. The van der Waals surface area contributed by atoms with Crippen molar-refractivity contribution >= 4 is 29.1 Å². The zero-order valence-corrected chi connectivity index (χ0v) is 22.9. The fourth-order valence-electron chi connectivity index (χ4n) is 5.46. The molecule has 39 heavy (non-hydrogen) atoms. The number of likely N-dealkylation sites (tertiary alicyclic amines) is 1. The number of hydrogen-bond acceptors (Lipinski definition) is 6. The van der Waals surface area contributed by atoms with Gasteiger partial charge in [0.25, 0.3) is 5.91 Å². The Balaban J connectivity index is 1.28. The summed E-state index contributed by atoms with van der Waals surface area (Å²) < 4.78 is 14.4. The molecule has 1 fully saturated rings. The van der Waals surface area contributed by atoms with E-state index in [0.29, 0.717) is 0 Å². The van der Waals surface area contributed by atoms with Crippen molar-refractivity contribution in [3.8, 4) is 10.4 Å². The van der Waals surface area contributed by atoms with Gasteiger partial charge >= 0.3 is 0 Å². The molecule has 3 heterocycles. The van der Waals surface area contributed by atoms with Gasteiger partial charge in [0, 0.05) is 30.6 Å². The maximum absolute atomic E-state index is 14.4. The van der Waals surface area contributed by atoms with Gasteiger partial charge in [-0.15, -0.1) is 11.3 Å². The number of carbonyl (C=O) groups is 3. The second-order valence-electron chi connectivity index (χ2n) is 10.5. The summed E-state index contributed by atoms with van der Waals surface area (Å²) in [6, 6.07) is 10.4. The fraction of sp³-hybridized carbons (Fsp3) is 0.379. The molecule has 2 N–H and O–H groups in total. The standard InChI is InChI=1S/C29H31FN4O4S/c1-16(2)25(34-14-22-21(28(34)37)5-4-6-23(22)30)29(38)33-13-20(35)11-24(33)27(36)31-12-18-7-9-19(10-8-18)26-17(3)32-15-39-26/h4-10,15-16,20,24-25,35H,11-14H2,1-3H3,(H,31,36)/t20-,24+,25+/m1/s1. The number of fused-ring (bicyclic) bond motifs is 1. The number of aliphatic hydroxyl groups is 1. The van der Waals surface area contributed by atoms with Crippen molar-refractivity contribution in [1.29, 1.82) is 0 Å². The highest BCUT2D eigenvalue weighted by molar-refractivity contribution is 7.13. The zero-order valence-electron chi connectivity index (χ0n) is 22.1. The predicted molar refractivity (Wildman–Crippen MR) is 145 cm³/mol. The smallest absolute Gasteiger partial charge is 0.255 e. The van der Waals surface area contributed by atoms with Crippen molar-refractivity contribution in [2.75, 3.05) is 6.54 Å². The highest BCUT2D eigenvalue weighted by Crippen LogP contribution is 2.31. The van der Waals surface area contributed by atoms with Crippen molar-refractivity contribution in [1.82, 2.24) is 20.1 Å². The molecule has 0 unspecified atom stereocenters. The number of benzene rings is 2. The molecular weight excluding hydrogens is 519 g/mol. The fourth-order valence-corrected chi connectivity index (χ4v) is 6.27. The quantitative estimate of drug-likeness (QED) is 0.469. The number of amides is 3. The summed E-state index contributed by atoms with van der Waals surface area (Å²) in [5, 5.41) is 13.3. The van der Waals surface area contributed by atoms with Gasteiger partial charge in [0.15, 0.2) is 0 Å². The highest BCUT2D eigenvalue weighted by atomic mass is 32.1. The number of rotatable bonds is 7. The number of halogens is 1. The molecule has 0 aliphatic carbocycles. The Kier molecular flexibility index (Phi) is 7.51. The summed E-state index contributed by atoms with van der Waals surface area (Å²) in [6.07, 6.45) is -0.752. The normalized spacial score (nSPS) is 19.5. The maximum atomic E-state index is 14.4. The van der Waals surface area contributed by atoms with E-state index in [1.54, 1.807) is 17.4 Å². The maximum Gasteiger partial charge on any atom is 0.255 e. The summed E-state index contributed by atoms with van der Waals surface area (Å²) >= 11 is 1.57. The summed E-state index contributed by atoms with van der Waals surface area (Å²) in [6.45, 7) is 5.83. The summed E-state index contributed by atoms with van der Waals surface area (Å²) in [5.41, 5.74) is 5.25. The van der Waals surface area contributed by atoms with Crippen LogP contribution in [-0.2, 0) is 22.7 Å². The topological polar surface area (TPSA) is 103 Å². The molecule has 3 atom stereocenters. The number of hydrogen-bond donors (Lipinski definition) is 2. The lowest BCUT2D eigenvalue weighted by Gasteiger charge is -2.35. The van der Waals surface area contributed by atoms with Gasteiger partial charge in [-0.25, -0.2) is 9.37 Å². The van der Waals surface area contributed by atoms with Crippen molar-refractivity contribution in [3.63, 3.8) is 0 Å². The van der Waals surface area contributed by atoms with Crippen LogP contribution in [0.25, 0.3) is 10.4 Å². The third kappa shape index (κ3) is 5.18. The van der Waals surface area contributed by atoms with Gasteiger partial charge in [-0.05, 0) is 36.1 Å². The highest BCUT2D eigenvalue weighted by Gasteiger charge is 2.46. The molecule has 0 saturated carbocycles. The first-order valence-corrected chi connectivity index (χ1v) is 13.9. The molecule has 0 radical (unpaired) electrons. The minimum atomic E-state index is -0.896. The van der Waals surface area contributed by atoms with Crippen molar-refractivity contribution in [2.24, 2.45) is 5.92 Å². The molecular formula is C29H31FN4O4S. The Hall–Kier alpha value is -3.63. The summed E-state index contributed by atoms with van der Waals surface area (Å²) in [4.78, 5) is 48.3. The van der Waals surface area contributed by atoms with Gasteiger partial charge in [-0.1, -0.05) is 44.2 Å². The molecule has 0 bridgehead atoms. The predicted octanol–water partition coefficient (Wildman–Crippen LogP) is 3.52. The Bertz CT molecular complexity index is 1410. The number of aryl methyl sites for hydroxylation is 1. The van der Waals surface area contributed by atoms with Crippen LogP contribution < -0.4 is 5.32 Å². The monoisotopic (exact) mass is 550 g/mol. The van der Waals surface area contributed by atoms with Gasteiger partial charge in [-0.3, -0.25) is 14.4 Å². The number of thiazole rings is 1. The average molecular weight is 551 g/mol. The third-order valence-electron chi connectivity index (χ3n) is 7.45. The lowest BCUT2D eigenvalue weighted by molar-refractivity contribution is -0.143. The molecule has 204 valence electrons. The number of β-amino-alcohol motifs (C(OH)–C–C–N with tert-alkyl or cyclic N) is 1. The van der Waals surface area contributed by atoms with Crippen LogP contribution in [0.1, 0.15) is 47.4 Å². The first-order chi connectivity index (χ1) is 18.7. The van der Waals surface area contributed by atoms with Crippen LogP contribution in [0.2, 0.25) is 0 Å². The minimum absolute atomic E-state index is 0.00756. The lowest BCUT2D eigenvalue weighted by Crippen LogP contribution is -2.55. The van der Waals surface area contributed by atoms with Gasteiger partial charge in [0.05, 0.1) is 28.7 Å². The van der Waals surface area contributed by atoms with Crippen molar-refractivity contribution < 1.29 is 23.9 Å². The van der Waals surface area contributed by atoms with Gasteiger partial charge in [-0.2, -0.15) is 0 Å². The molecule has 10 heteroatoms. The van der Waals surface area contributed by atoms with Crippen LogP contribution in [0.4, 0.5) is 4.39 Å². The summed E-state index contributed by atoms with van der Waals surface area (Å²) in [7, 11) is 0. The van der Waals surface area contributed by atoms with E-state index in [4.69, 9.17) is 0 Å². The Morgan fingerprint density at radius 3 is 2.59 bits per heavy atom. The summed E-state index contributed by atoms with van der Waals surface area (Å²) in [5.74, 6) is -1.97. The van der Waals surface area contributed by atoms with Crippen LogP contribution in [0.5, 0.6) is 0 Å².